The van der Waals surface area contributed by atoms with E-state index < -0.39 is 6.10 Å². The first-order valence-electron chi connectivity index (χ1n) is 2.55. The third-order valence-corrected chi connectivity index (χ3v) is 2.34. The second-order valence-corrected chi connectivity index (χ2v) is 3.49. The van der Waals surface area contributed by atoms with Gasteiger partial charge in [-0.25, -0.2) is 4.40 Å². The van der Waals surface area contributed by atoms with E-state index in [1.165, 1.54) is 11.0 Å². The molecule has 2 nitrogen and oxygen atoms in total. The van der Waals surface area contributed by atoms with Crippen molar-refractivity contribution in [3.8, 4) is 0 Å². The molecule has 0 amide bonds. The summed E-state index contributed by atoms with van der Waals surface area (Å²) in [5.41, 5.74) is 0.749. The molecule has 50 valence electrons. The lowest BCUT2D eigenvalue weighted by Crippen LogP contribution is -2.13. The number of hydrogen-bond acceptors (Lipinski definition) is 4. The number of aliphatic hydroxyl groups is 1. The lowest BCUT2D eigenvalue weighted by Gasteiger charge is -2.05. The van der Waals surface area contributed by atoms with Gasteiger partial charge in [-0.1, -0.05) is 0 Å². The maximum Gasteiger partial charge on any atom is 0.0939 e. The Labute approximate surface area is 62.0 Å². The normalized spacial score (nSPS) is 21.3. The molecule has 1 heterocycles. The summed E-state index contributed by atoms with van der Waals surface area (Å²) in [5.74, 6) is 0. The highest BCUT2D eigenvalue weighted by molar-refractivity contribution is 8.77. The number of aliphatic hydroxyl groups excluding tert-OH is 1. The van der Waals surface area contributed by atoms with Crippen molar-refractivity contribution in [2.45, 2.75) is 13.0 Å². The van der Waals surface area contributed by atoms with E-state index in [-0.39, 0.29) is 0 Å². The van der Waals surface area contributed by atoms with Gasteiger partial charge in [-0.05, 0) is 29.2 Å². The van der Waals surface area contributed by atoms with Crippen LogP contribution in [0.2, 0.25) is 0 Å². The first-order chi connectivity index (χ1) is 4.30. The molecule has 4 heteroatoms. The summed E-state index contributed by atoms with van der Waals surface area (Å²) in [4.78, 5) is 0. The Balaban J connectivity index is 2.58. The molecule has 0 fully saturated rings. The summed E-state index contributed by atoms with van der Waals surface area (Å²) in [6.07, 6.45) is 1.39. The van der Waals surface area contributed by atoms with Gasteiger partial charge in [0, 0.05) is 11.0 Å². The van der Waals surface area contributed by atoms with Crippen LogP contribution in [-0.4, -0.2) is 16.9 Å². The molecule has 0 bridgehead atoms. The minimum atomic E-state index is -0.436. The summed E-state index contributed by atoms with van der Waals surface area (Å²) in [6, 6.07) is 0. The van der Waals surface area contributed by atoms with E-state index in [1.807, 2.05) is 11.5 Å². The first kappa shape index (κ1) is 7.18. The van der Waals surface area contributed by atoms with Crippen LogP contribution in [0.5, 0.6) is 0 Å². The van der Waals surface area contributed by atoms with Crippen LogP contribution in [0.1, 0.15) is 6.92 Å². The Morgan fingerprint density at radius 1 is 1.78 bits per heavy atom. The summed E-state index contributed by atoms with van der Waals surface area (Å²) in [6.45, 7) is 1.71. The van der Waals surface area contributed by atoms with Crippen molar-refractivity contribution in [1.82, 2.24) is 0 Å². The fourth-order valence-electron chi connectivity index (χ4n) is 0.433. The fourth-order valence-corrected chi connectivity index (χ4v) is 1.72. The van der Waals surface area contributed by atoms with Crippen LogP contribution in [-0.2, 0) is 0 Å². The van der Waals surface area contributed by atoms with Crippen LogP contribution in [0.4, 0.5) is 0 Å². The Kier molecular flexibility index (Phi) is 2.63. The zero-order valence-corrected chi connectivity index (χ0v) is 6.58. The monoisotopic (exact) mass is 161 g/mol. The molecular weight excluding hydrogens is 154 g/mol. The van der Waals surface area contributed by atoms with Crippen molar-refractivity contribution in [3.63, 3.8) is 0 Å². The van der Waals surface area contributed by atoms with Crippen molar-refractivity contribution in [1.29, 1.82) is 0 Å². The van der Waals surface area contributed by atoms with E-state index in [1.54, 1.807) is 17.7 Å². The molecule has 9 heavy (non-hydrogen) atoms. The van der Waals surface area contributed by atoms with Crippen molar-refractivity contribution in [2.75, 3.05) is 0 Å². The number of hydrogen-bond donors (Lipinski definition) is 1. The summed E-state index contributed by atoms with van der Waals surface area (Å²) in [5, 5.41) is 10.9. The molecular formula is C5H7NOS2. The lowest BCUT2D eigenvalue weighted by atomic mass is 10.2. The molecule has 0 aliphatic carbocycles. The molecule has 1 unspecified atom stereocenters. The summed E-state index contributed by atoms with van der Waals surface area (Å²) < 4.78 is 3.99. The fraction of sp³-hybridized carbons (Fsp3) is 0.400. The molecule has 1 aliphatic rings. The molecule has 0 saturated carbocycles. The predicted molar refractivity (Wildman–Crippen MR) is 43.4 cm³/mol. The molecule has 0 aromatic carbocycles. The average Bonchev–Trinajstić information content (AvgIpc) is 1.90. The summed E-state index contributed by atoms with van der Waals surface area (Å²) in [7, 11) is 2.94. The molecule has 1 aliphatic heterocycles. The van der Waals surface area contributed by atoms with Gasteiger partial charge in [0.2, 0.25) is 0 Å². The van der Waals surface area contributed by atoms with Gasteiger partial charge in [0.05, 0.1) is 11.8 Å². The van der Waals surface area contributed by atoms with Crippen LogP contribution in [0.3, 0.4) is 0 Å². The SMILES string of the molecule is CC(O)C1=NSSC=C1. The van der Waals surface area contributed by atoms with Gasteiger partial charge < -0.3 is 5.11 Å². The Hall–Kier alpha value is 0.0700. The molecule has 1 N–H and O–H groups in total. The molecule has 0 spiro atoms. The van der Waals surface area contributed by atoms with Crippen molar-refractivity contribution in [2.24, 2.45) is 4.40 Å². The minimum Gasteiger partial charge on any atom is -0.387 e. The van der Waals surface area contributed by atoms with E-state index in [9.17, 15) is 0 Å². The number of rotatable bonds is 1. The Morgan fingerprint density at radius 2 is 2.56 bits per heavy atom. The molecule has 0 radical (unpaired) electrons. The van der Waals surface area contributed by atoms with Crippen molar-refractivity contribution < 1.29 is 5.11 Å². The van der Waals surface area contributed by atoms with E-state index in [0.717, 1.165) is 5.71 Å². The highest BCUT2D eigenvalue weighted by atomic mass is 33.1. The molecule has 0 aromatic rings. The standard InChI is InChI=1S/C5H7NOS2/c1-4(7)5-2-3-8-9-6-5/h2-4,7H,1H3. The molecule has 1 atom stereocenters. The average molecular weight is 161 g/mol. The van der Waals surface area contributed by atoms with Crippen LogP contribution < -0.4 is 0 Å². The molecule has 1 rings (SSSR count). The largest absolute Gasteiger partial charge is 0.387 e. The topological polar surface area (TPSA) is 32.6 Å². The van der Waals surface area contributed by atoms with Gasteiger partial charge in [-0.3, -0.25) is 0 Å². The van der Waals surface area contributed by atoms with E-state index in [2.05, 4.69) is 4.40 Å². The van der Waals surface area contributed by atoms with Crippen molar-refractivity contribution >= 4 is 27.5 Å². The van der Waals surface area contributed by atoms with Gasteiger partial charge in [0.1, 0.15) is 0 Å². The number of nitrogens with zero attached hydrogens (tertiary/aromatic N) is 1. The van der Waals surface area contributed by atoms with Crippen LogP contribution in [0.15, 0.2) is 15.9 Å². The van der Waals surface area contributed by atoms with Gasteiger partial charge in [0.15, 0.2) is 0 Å². The second kappa shape index (κ2) is 3.29. The maximum absolute atomic E-state index is 8.97. The zero-order valence-electron chi connectivity index (χ0n) is 4.94. The van der Waals surface area contributed by atoms with E-state index in [4.69, 9.17) is 5.11 Å². The lowest BCUT2D eigenvalue weighted by molar-refractivity contribution is 0.263. The predicted octanol–water partition coefficient (Wildman–Crippen LogP) is 1.63. The molecule has 0 saturated heterocycles. The van der Waals surface area contributed by atoms with Crippen LogP contribution >= 0.6 is 21.8 Å². The van der Waals surface area contributed by atoms with E-state index >= 15 is 0 Å². The third-order valence-electron chi connectivity index (χ3n) is 0.908. The Bertz CT molecular complexity index is 153. The highest BCUT2D eigenvalue weighted by Crippen LogP contribution is 2.27. The zero-order chi connectivity index (χ0) is 6.69. The van der Waals surface area contributed by atoms with E-state index in [0.29, 0.717) is 0 Å². The van der Waals surface area contributed by atoms with Crippen LogP contribution in [0, 0.1) is 0 Å². The Morgan fingerprint density at radius 3 is 2.89 bits per heavy atom. The highest BCUT2D eigenvalue weighted by Gasteiger charge is 2.04. The smallest absolute Gasteiger partial charge is 0.0939 e. The van der Waals surface area contributed by atoms with Gasteiger partial charge in [-0.2, -0.15) is 0 Å². The van der Waals surface area contributed by atoms with Gasteiger partial charge >= 0.3 is 0 Å². The van der Waals surface area contributed by atoms with Gasteiger partial charge in [0.25, 0.3) is 0 Å². The minimum absolute atomic E-state index is 0.436. The summed E-state index contributed by atoms with van der Waals surface area (Å²) >= 11 is 0. The van der Waals surface area contributed by atoms with Crippen LogP contribution in [0.25, 0.3) is 0 Å². The second-order valence-electron chi connectivity index (χ2n) is 1.67. The first-order valence-corrected chi connectivity index (χ1v) is 4.72. The van der Waals surface area contributed by atoms with Gasteiger partial charge in [-0.15, -0.1) is 0 Å². The van der Waals surface area contributed by atoms with Crippen molar-refractivity contribution in [3.05, 3.63) is 11.5 Å². The quantitative estimate of drug-likeness (QED) is 0.468. The maximum atomic E-state index is 8.97. The third kappa shape index (κ3) is 2.04. The molecule has 0 aromatic heterocycles.